The van der Waals surface area contributed by atoms with Gasteiger partial charge in [0.1, 0.15) is 5.82 Å². The molecule has 0 radical (unpaired) electrons. The summed E-state index contributed by atoms with van der Waals surface area (Å²) in [5.41, 5.74) is 0. The largest absolute Gasteiger partial charge is 0.335 e. The van der Waals surface area contributed by atoms with Crippen molar-refractivity contribution in [3.63, 3.8) is 0 Å². The van der Waals surface area contributed by atoms with Crippen LogP contribution in [0, 0.1) is 5.92 Å². The highest BCUT2D eigenvalue weighted by molar-refractivity contribution is 7.89. The lowest BCUT2D eigenvalue weighted by atomic mass is 9.98. The van der Waals surface area contributed by atoms with E-state index in [1.54, 1.807) is 13.1 Å². The fraction of sp³-hybridized carbons (Fsp3) is 0.700. The number of nitrogens with zero attached hydrogens (tertiary/aromatic N) is 2. The molecular formula is C10H17N3O2S. The molecule has 1 aromatic heterocycles. The van der Waals surface area contributed by atoms with Crippen molar-refractivity contribution >= 4 is 10.0 Å². The van der Waals surface area contributed by atoms with Crippen LogP contribution in [-0.4, -0.2) is 30.3 Å². The lowest BCUT2D eigenvalue weighted by Crippen LogP contribution is -2.33. The molecule has 0 aromatic carbocycles. The summed E-state index contributed by atoms with van der Waals surface area (Å²) >= 11 is 0. The second-order valence-corrected chi connectivity index (χ2v) is 6.24. The van der Waals surface area contributed by atoms with E-state index in [1.807, 2.05) is 6.20 Å². The van der Waals surface area contributed by atoms with Gasteiger partial charge in [-0.25, -0.2) is 18.1 Å². The van der Waals surface area contributed by atoms with Crippen molar-refractivity contribution < 1.29 is 8.42 Å². The van der Waals surface area contributed by atoms with E-state index in [2.05, 4.69) is 14.3 Å². The van der Waals surface area contributed by atoms with Gasteiger partial charge in [0.2, 0.25) is 10.0 Å². The highest BCUT2D eigenvalue weighted by Gasteiger charge is 2.20. The Kier molecular flexibility index (Phi) is 3.30. The molecule has 0 bridgehead atoms. The molecule has 0 amide bonds. The number of hydrogen-bond acceptors (Lipinski definition) is 3. The van der Waals surface area contributed by atoms with Gasteiger partial charge in [0, 0.05) is 31.9 Å². The van der Waals surface area contributed by atoms with Crippen LogP contribution >= 0.6 is 0 Å². The van der Waals surface area contributed by atoms with E-state index >= 15 is 0 Å². The highest BCUT2D eigenvalue weighted by atomic mass is 32.2. The summed E-state index contributed by atoms with van der Waals surface area (Å²) in [6, 6.07) is 0. The van der Waals surface area contributed by atoms with E-state index < -0.39 is 10.0 Å². The number of hydrogen-bond donors (Lipinski definition) is 1. The summed E-state index contributed by atoms with van der Waals surface area (Å²) in [6.45, 7) is 3.12. The Labute approximate surface area is 95.9 Å². The minimum Gasteiger partial charge on any atom is -0.335 e. The van der Waals surface area contributed by atoms with Crippen molar-refractivity contribution in [2.24, 2.45) is 5.92 Å². The van der Waals surface area contributed by atoms with Gasteiger partial charge in [-0.15, -0.1) is 0 Å². The third-order valence-corrected chi connectivity index (χ3v) is 4.39. The number of imidazole rings is 1. The minimum atomic E-state index is -3.06. The summed E-state index contributed by atoms with van der Waals surface area (Å²) in [7, 11) is -3.06. The van der Waals surface area contributed by atoms with Crippen LogP contribution in [0.15, 0.2) is 12.4 Å². The summed E-state index contributed by atoms with van der Waals surface area (Å²) in [4.78, 5) is 4.26. The van der Waals surface area contributed by atoms with E-state index in [0.29, 0.717) is 12.5 Å². The van der Waals surface area contributed by atoms with Crippen LogP contribution < -0.4 is 4.72 Å². The second kappa shape index (κ2) is 4.55. The zero-order chi connectivity index (χ0) is 11.6. The molecule has 0 saturated carbocycles. The maximum atomic E-state index is 11.3. The Morgan fingerprint density at radius 1 is 1.62 bits per heavy atom. The monoisotopic (exact) mass is 243 g/mol. The first-order valence-corrected chi connectivity index (χ1v) is 7.23. The van der Waals surface area contributed by atoms with Gasteiger partial charge in [-0.1, -0.05) is 0 Å². The molecule has 16 heavy (non-hydrogen) atoms. The molecule has 6 heteroatoms. The molecule has 1 atom stereocenters. The van der Waals surface area contributed by atoms with Crippen molar-refractivity contribution in [1.82, 2.24) is 14.3 Å². The topological polar surface area (TPSA) is 64.0 Å². The third kappa shape index (κ3) is 2.62. The first-order chi connectivity index (χ1) is 7.61. The Morgan fingerprint density at radius 2 is 2.44 bits per heavy atom. The Morgan fingerprint density at radius 3 is 3.19 bits per heavy atom. The van der Waals surface area contributed by atoms with Crippen LogP contribution in [0.3, 0.4) is 0 Å². The van der Waals surface area contributed by atoms with Crippen LogP contribution in [0.1, 0.15) is 19.2 Å². The van der Waals surface area contributed by atoms with Crippen molar-refractivity contribution in [2.75, 3.05) is 12.3 Å². The minimum absolute atomic E-state index is 0.147. The zero-order valence-corrected chi connectivity index (χ0v) is 10.2. The standard InChI is InChI=1S/C10H17N3O2S/c1-2-16(14,15)12-8-9-3-5-13-6-4-11-10(13)7-9/h4,6,9,12H,2-3,5,7-8H2,1H3/t9-/m0/s1. The molecule has 5 nitrogen and oxygen atoms in total. The van der Waals surface area contributed by atoms with Gasteiger partial charge in [0.15, 0.2) is 0 Å². The molecule has 0 aliphatic carbocycles. The molecular weight excluding hydrogens is 226 g/mol. The van der Waals surface area contributed by atoms with Gasteiger partial charge < -0.3 is 4.57 Å². The molecule has 0 spiro atoms. The molecule has 2 rings (SSSR count). The molecule has 1 N–H and O–H groups in total. The maximum Gasteiger partial charge on any atom is 0.211 e. The number of nitrogens with one attached hydrogen (secondary N) is 1. The molecule has 90 valence electrons. The van der Waals surface area contributed by atoms with Gasteiger partial charge in [0.05, 0.1) is 5.75 Å². The van der Waals surface area contributed by atoms with Crippen molar-refractivity contribution in [1.29, 1.82) is 0 Å². The molecule has 1 aliphatic heterocycles. The number of aryl methyl sites for hydroxylation is 1. The molecule has 0 fully saturated rings. The third-order valence-electron chi connectivity index (χ3n) is 3.02. The maximum absolute atomic E-state index is 11.3. The smallest absolute Gasteiger partial charge is 0.211 e. The van der Waals surface area contributed by atoms with Gasteiger partial charge in [-0.2, -0.15) is 0 Å². The molecule has 1 aromatic rings. The normalized spacial score (nSPS) is 20.7. The summed E-state index contributed by atoms with van der Waals surface area (Å²) in [6.07, 6.45) is 5.64. The number of fused-ring (bicyclic) bond motifs is 1. The quantitative estimate of drug-likeness (QED) is 0.831. The fourth-order valence-corrected chi connectivity index (χ4v) is 2.63. The Bertz CT molecular complexity index is 452. The predicted octanol–water partition coefficient (Wildman–Crippen LogP) is 0.385. The van der Waals surface area contributed by atoms with Crippen molar-refractivity contribution in [2.45, 2.75) is 26.3 Å². The van der Waals surface area contributed by atoms with Crippen LogP contribution in [0.25, 0.3) is 0 Å². The molecule has 0 saturated heterocycles. The molecule has 2 heterocycles. The summed E-state index contributed by atoms with van der Waals surface area (Å²) in [5.74, 6) is 1.58. The number of rotatable bonds is 4. The highest BCUT2D eigenvalue weighted by Crippen LogP contribution is 2.18. The van der Waals surface area contributed by atoms with Crippen molar-refractivity contribution in [3.8, 4) is 0 Å². The van der Waals surface area contributed by atoms with Crippen LogP contribution in [0.5, 0.6) is 0 Å². The lowest BCUT2D eigenvalue weighted by Gasteiger charge is -2.23. The van der Waals surface area contributed by atoms with E-state index in [-0.39, 0.29) is 5.75 Å². The van der Waals surface area contributed by atoms with E-state index in [1.165, 1.54) is 0 Å². The Balaban J connectivity index is 1.90. The van der Waals surface area contributed by atoms with Gasteiger partial charge >= 0.3 is 0 Å². The SMILES string of the molecule is CCS(=O)(=O)NC[C@H]1CCn2ccnc2C1. The lowest BCUT2D eigenvalue weighted by molar-refractivity contribution is 0.379. The first-order valence-electron chi connectivity index (χ1n) is 5.58. The van der Waals surface area contributed by atoms with E-state index in [4.69, 9.17) is 0 Å². The van der Waals surface area contributed by atoms with Crippen LogP contribution in [0.4, 0.5) is 0 Å². The molecule has 0 unspecified atom stereocenters. The van der Waals surface area contributed by atoms with Gasteiger partial charge in [-0.05, 0) is 19.3 Å². The first kappa shape index (κ1) is 11.6. The van der Waals surface area contributed by atoms with E-state index in [9.17, 15) is 8.42 Å². The summed E-state index contributed by atoms with van der Waals surface area (Å²) < 4.78 is 27.4. The molecule has 1 aliphatic rings. The predicted molar refractivity (Wildman–Crippen MR) is 61.5 cm³/mol. The van der Waals surface area contributed by atoms with Gasteiger partial charge in [-0.3, -0.25) is 0 Å². The Hall–Kier alpha value is -0.880. The average molecular weight is 243 g/mol. The van der Waals surface area contributed by atoms with Crippen LogP contribution in [-0.2, 0) is 23.0 Å². The van der Waals surface area contributed by atoms with E-state index in [0.717, 1.165) is 25.2 Å². The average Bonchev–Trinajstić information content (AvgIpc) is 2.73. The van der Waals surface area contributed by atoms with Gasteiger partial charge in [0.25, 0.3) is 0 Å². The second-order valence-electron chi connectivity index (χ2n) is 4.15. The number of sulfonamides is 1. The number of aromatic nitrogens is 2. The fourth-order valence-electron chi connectivity index (χ4n) is 1.94. The summed E-state index contributed by atoms with van der Waals surface area (Å²) in [5, 5.41) is 0. The van der Waals surface area contributed by atoms with Crippen molar-refractivity contribution in [3.05, 3.63) is 18.2 Å². The zero-order valence-electron chi connectivity index (χ0n) is 9.39. The van der Waals surface area contributed by atoms with Crippen LogP contribution in [0.2, 0.25) is 0 Å².